The molecule has 7 nitrogen and oxygen atoms in total. The molecule has 0 spiro atoms. The Balaban J connectivity index is 1.91. The molecule has 4 rings (SSSR count). The number of hydrogen-bond donors (Lipinski definition) is 2. The monoisotopic (exact) mass is 461 g/mol. The molecule has 170 valence electrons. The first-order chi connectivity index (χ1) is 15.4. The quantitative estimate of drug-likeness (QED) is 0.528. The van der Waals surface area contributed by atoms with Crippen molar-refractivity contribution in [3.05, 3.63) is 58.4 Å². The fourth-order valence-corrected chi connectivity index (χ4v) is 4.38. The molecule has 32 heavy (non-hydrogen) atoms. The van der Waals surface area contributed by atoms with Crippen LogP contribution in [0.2, 0.25) is 0 Å². The van der Waals surface area contributed by atoms with Crippen molar-refractivity contribution < 1.29 is 23.8 Å². The van der Waals surface area contributed by atoms with Gasteiger partial charge in [0.2, 0.25) is 0 Å². The summed E-state index contributed by atoms with van der Waals surface area (Å²) in [6.45, 7) is 4.65. The normalized spacial score (nSPS) is 21.4. The van der Waals surface area contributed by atoms with Crippen molar-refractivity contribution in [3.8, 4) is 5.75 Å². The van der Waals surface area contributed by atoms with Gasteiger partial charge in [0.1, 0.15) is 23.1 Å². The van der Waals surface area contributed by atoms with E-state index in [1.165, 1.54) is 19.2 Å². The molecule has 0 saturated carbocycles. The molecule has 1 atom stereocenters. The number of nitrogens with one attached hydrogen (secondary N) is 1. The van der Waals surface area contributed by atoms with Gasteiger partial charge in [0, 0.05) is 31.1 Å². The van der Waals surface area contributed by atoms with E-state index in [4.69, 9.17) is 26.1 Å². The first-order valence-electron chi connectivity index (χ1n) is 10.5. The number of methoxy groups -OCH3 is 1. The number of aromatic hydroxyl groups is 1. The molecule has 1 unspecified atom stereocenters. The van der Waals surface area contributed by atoms with E-state index in [0.29, 0.717) is 61.7 Å². The summed E-state index contributed by atoms with van der Waals surface area (Å²) in [6.07, 6.45) is 2.72. The number of morpholine rings is 1. The molecular weight excluding hydrogens is 437 g/mol. The molecule has 1 aromatic carbocycles. The number of nitrogens with zero attached hydrogens (tertiary/aromatic N) is 2. The highest BCUT2D eigenvalue weighted by molar-refractivity contribution is 6.38. The number of ether oxygens (including phenoxy) is 2. The Hall–Kier alpha value is -2.84. The van der Waals surface area contributed by atoms with Gasteiger partial charge in [-0.15, -0.1) is 11.6 Å². The number of rotatable bonds is 4. The first kappa shape index (κ1) is 22.4. The van der Waals surface area contributed by atoms with E-state index in [1.807, 2.05) is 6.92 Å². The highest BCUT2D eigenvalue weighted by atomic mass is 35.5. The smallest absolute Gasteiger partial charge is 0.354 e. The predicted octanol–water partition coefficient (Wildman–Crippen LogP) is 3.31. The molecule has 1 saturated heterocycles. The Morgan fingerprint density at radius 1 is 1.41 bits per heavy atom. The number of carbonyl (C=O) groups excluding carboxylic acids is 1. The van der Waals surface area contributed by atoms with Gasteiger partial charge >= 0.3 is 5.97 Å². The molecule has 3 heterocycles. The van der Waals surface area contributed by atoms with Crippen molar-refractivity contribution in [2.75, 3.05) is 33.4 Å². The molecule has 1 aromatic rings. The lowest BCUT2D eigenvalue weighted by Crippen LogP contribution is -2.38. The van der Waals surface area contributed by atoms with Crippen LogP contribution in [0.15, 0.2) is 52.1 Å². The number of aliphatic imine (C=N–C) groups is 1. The summed E-state index contributed by atoms with van der Waals surface area (Å²) in [5.41, 5.74) is 3.41. The van der Waals surface area contributed by atoms with Crippen molar-refractivity contribution in [2.24, 2.45) is 4.99 Å². The fourth-order valence-electron chi connectivity index (χ4n) is 4.10. The topological polar surface area (TPSA) is 83.4 Å². The van der Waals surface area contributed by atoms with Crippen LogP contribution < -0.4 is 5.32 Å². The van der Waals surface area contributed by atoms with Gasteiger partial charge in [-0.2, -0.15) is 0 Å². The lowest BCUT2D eigenvalue weighted by atomic mass is 9.91. The van der Waals surface area contributed by atoms with Gasteiger partial charge in [-0.1, -0.05) is 6.92 Å². The van der Waals surface area contributed by atoms with Gasteiger partial charge < -0.3 is 24.8 Å². The Morgan fingerprint density at radius 2 is 2.16 bits per heavy atom. The second kappa shape index (κ2) is 9.34. The first-order valence-corrected chi connectivity index (χ1v) is 10.9. The van der Waals surface area contributed by atoms with Crippen LogP contribution in [-0.4, -0.2) is 60.5 Å². The lowest BCUT2D eigenvalue weighted by Gasteiger charge is -2.31. The van der Waals surface area contributed by atoms with E-state index in [9.17, 15) is 14.3 Å². The maximum atomic E-state index is 13.7. The third-order valence-electron chi connectivity index (χ3n) is 5.75. The van der Waals surface area contributed by atoms with Crippen LogP contribution in [0, 0.1) is 5.82 Å². The van der Waals surface area contributed by atoms with E-state index in [2.05, 4.69) is 10.2 Å². The highest BCUT2D eigenvalue weighted by Crippen LogP contribution is 2.39. The molecule has 3 aliphatic rings. The number of fused-ring (bicyclic) bond motifs is 1. The minimum absolute atomic E-state index is 0.188. The minimum atomic E-state index is -0.704. The number of phenolic OH excluding ortho intramolecular Hbond substituents is 1. The molecule has 9 heteroatoms. The fraction of sp³-hybridized carbons (Fsp3) is 0.391. The minimum Gasteiger partial charge on any atom is -0.507 e. The molecule has 3 aliphatic heterocycles. The molecule has 0 aromatic heterocycles. The summed E-state index contributed by atoms with van der Waals surface area (Å²) < 4.78 is 24.1. The van der Waals surface area contributed by atoms with Gasteiger partial charge in [-0.05, 0) is 35.8 Å². The van der Waals surface area contributed by atoms with Crippen molar-refractivity contribution >= 4 is 28.9 Å². The number of halogens is 2. The third kappa shape index (κ3) is 4.25. The number of benzene rings is 1. The summed E-state index contributed by atoms with van der Waals surface area (Å²) >= 11 is 6.69. The second-order valence-electron chi connectivity index (χ2n) is 7.67. The zero-order valence-corrected chi connectivity index (χ0v) is 18.7. The second-order valence-corrected chi connectivity index (χ2v) is 8.14. The van der Waals surface area contributed by atoms with Crippen LogP contribution in [0.1, 0.15) is 25.3 Å². The van der Waals surface area contributed by atoms with Crippen LogP contribution in [-0.2, 0) is 14.3 Å². The summed E-state index contributed by atoms with van der Waals surface area (Å²) in [7, 11) is 1.29. The third-order valence-corrected chi connectivity index (χ3v) is 6.08. The van der Waals surface area contributed by atoms with Crippen molar-refractivity contribution in [3.63, 3.8) is 0 Å². The number of esters is 1. The zero-order chi connectivity index (χ0) is 22.8. The Bertz CT molecular complexity index is 1060. The molecule has 0 radical (unpaired) electrons. The van der Waals surface area contributed by atoms with Crippen LogP contribution in [0.25, 0.3) is 5.57 Å². The summed E-state index contributed by atoms with van der Waals surface area (Å²) in [5, 5.41) is 13.0. The van der Waals surface area contributed by atoms with Gasteiger partial charge in [0.25, 0.3) is 0 Å². The van der Waals surface area contributed by atoms with Crippen molar-refractivity contribution in [2.45, 2.75) is 25.1 Å². The van der Waals surface area contributed by atoms with E-state index < -0.39 is 17.2 Å². The predicted molar refractivity (Wildman–Crippen MR) is 120 cm³/mol. The SMILES string of the molecule is CCC1=C(N2CCOCC2)N=C2C(=C(c3ccc(F)cc3O)C1)NC(C(=O)OC)=CC2Cl. The van der Waals surface area contributed by atoms with E-state index in [1.54, 1.807) is 6.08 Å². The van der Waals surface area contributed by atoms with E-state index >= 15 is 0 Å². The maximum absolute atomic E-state index is 13.7. The molecule has 0 bridgehead atoms. The molecular formula is C23H25ClFN3O4. The van der Waals surface area contributed by atoms with Crippen LogP contribution in [0.5, 0.6) is 5.75 Å². The number of alkyl halides is 1. The Morgan fingerprint density at radius 3 is 2.81 bits per heavy atom. The molecule has 0 amide bonds. The van der Waals surface area contributed by atoms with Crippen molar-refractivity contribution in [1.82, 2.24) is 10.2 Å². The van der Waals surface area contributed by atoms with Crippen LogP contribution >= 0.6 is 11.6 Å². The Labute approximate surface area is 190 Å². The summed E-state index contributed by atoms with van der Waals surface area (Å²) in [5.74, 6) is -0.478. The van der Waals surface area contributed by atoms with E-state index in [-0.39, 0.29) is 11.4 Å². The number of allylic oxidation sites excluding steroid dienone is 4. The average molecular weight is 462 g/mol. The average Bonchev–Trinajstić information content (AvgIpc) is 2.96. The standard InChI is InChI=1S/C23H25ClFN3O4/c1-3-13-10-16(15-5-4-14(25)11-19(15)29)20-21(17(24)12-18(26-20)23(30)31-2)27-22(13)28-6-8-32-9-7-28/h4-5,11-12,17,26,29H,3,6-10H2,1-2H3. The van der Waals surface area contributed by atoms with Gasteiger partial charge in [-0.3, -0.25) is 0 Å². The van der Waals surface area contributed by atoms with Crippen LogP contribution in [0.3, 0.4) is 0 Å². The number of phenols is 1. The van der Waals surface area contributed by atoms with E-state index in [0.717, 1.165) is 17.5 Å². The Kier molecular flexibility index (Phi) is 6.53. The summed E-state index contributed by atoms with van der Waals surface area (Å²) in [4.78, 5) is 19.4. The molecule has 2 N–H and O–H groups in total. The number of hydrogen-bond acceptors (Lipinski definition) is 7. The maximum Gasteiger partial charge on any atom is 0.354 e. The molecule has 1 fully saturated rings. The zero-order valence-electron chi connectivity index (χ0n) is 18.0. The summed E-state index contributed by atoms with van der Waals surface area (Å²) in [6, 6.07) is 3.89. The molecule has 0 aliphatic carbocycles. The van der Waals surface area contributed by atoms with Gasteiger partial charge in [0.05, 0.1) is 37.1 Å². The highest BCUT2D eigenvalue weighted by Gasteiger charge is 2.33. The van der Waals surface area contributed by atoms with Gasteiger partial charge in [0.15, 0.2) is 0 Å². The van der Waals surface area contributed by atoms with Crippen LogP contribution in [0.4, 0.5) is 4.39 Å². The van der Waals surface area contributed by atoms with Crippen molar-refractivity contribution in [1.29, 1.82) is 0 Å². The largest absolute Gasteiger partial charge is 0.507 e. The lowest BCUT2D eigenvalue weighted by molar-refractivity contribution is -0.136. The number of carbonyl (C=O) groups is 1. The van der Waals surface area contributed by atoms with Gasteiger partial charge in [-0.25, -0.2) is 14.2 Å².